The fourth-order valence-electron chi connectivity index (χ4n) is 2.78. The van der Waals surface area contributed by atoms with Crippen LogP contribution in [0.25, 0.3) is 11.3 Å². The molecule has 3 rings (SSSR count). The van der Waals surface area contributed by atoms with Crippen LogP contribution in [0.1, 0.15) is 11.3 Å². The molecule has 3 aromatic rings. The first-order valence-corrected chi connectivity index (χ1v) is 8.82. The Balaban J connectivity index is 1.61. The van der Waals surface area contributed by atoms with E-state index in [1.165, 1.54) is 0 Å². The lowest BCUT2D eigenvalue weighted by Gasteiger charge is -2.14. The van der Waals surface area contributed by atoms with Crippen molar-refractivity contribution in [2.45, 2.75) is 18.9 Å². The van der Waals surface area contributed by atoms with Crippen molar-refractivity contribution in [1.82, 2.24) is 5.32 Å². The lowest BCUT2D eigenvalue weighted by atomic mass is 10.1. The average molecular weight is 376 g/mol. The monoisotopic (exact) mass is 376 g/mol. The van der Waals surface area contributed by atoms with Gasteiger partial charge in [0.1, 0.15) is 23.3 Å². The number of benzene rings is 2. The van der Waals surface area contributed by atoms with E-state index in [0.717, 1.165) is 11.1 Å². The molecule has 1 atom stereocenters. The van der Waals surface area contributed by atoms with E-state index in [4.69, 9.17) is 9.83 Å². The zero-order valence-corrected chi connectivity index (χ0v) is 15.1. The molecular formula is C22H20N2O4. The molecule has 0 radical (unpaired) electrons. The van der Waals surface area contributed by atoms with Gasteiger partial charge in [0.2, 0.25) is 0 Å². The summed E-state index contributed by atoms with van der Waals surface area (Å²) in [5, 5.41) is 19.8. The Kier molecular flexibility index (Phi) is 6.01. The highest BCUT2D eigenvalue weighted by Gasteiger charge is 2.23. The second kappa shape index (κ2) is 8.81. The van der Waals surface area contributed by atoms with Gasteiger partial charge in [-0.15, -0.1) is 0 Å². The summed E-state index contributed by atoms with van der Waals surface area (Å²) < 4.78 is 5.70. The fraction of sp³-hybridized carbons (Fsp3) is 0.136. The number of hydrogen-bond donors (Lipinski definition) is 3. The van der Waals surface area contributed by atoms with Gasteiger partial charge in [-0.05, 0) is 17.7 Å². The van der Waals surface area contributed by atoms with Crippen LogP contribution in [0.5, 0.6) is 0 Å². The maximum atomic E-state index is 12.3. The topological polar surface area (TPSA) is 103 Å². The van der Waals surface area contributed by atoms with Crippen molar-refractivity contribution in [3.8, 4) is 11.3 Å². The molecule has 142 valence electrons. The first kappa shape index (κ1) is 19.1. The van der Waals surface area contributed by atoms with E-state index in [1.807, 2.05) is 36.4 Å². The van der Waals surface area contributed by atoms with Crippen molar-refractivity contribution in [2.24, 2.45) is 0 Å². The maximum Gasteiger partial charge on any atom is 0.326 e. The van der Waals surface area contributed by atoms with Crippen LogP contribution in [0, 0.1) is 5.41 Å². The fourth-order valence-corrected chi connectivity index (χ4v) is 2.78. The van der Waals surface area contributed by atoms with E-state index < -0.39 is 17.9 Å². The smallest absolute Gasteiger partial charge is 0.326 e. The number of furan rings is 1. The summed E-state index contributed by atoms with van der Waals surface area (Å²) in [4.78, 5) is 23.8. The molecule has 0 saturated heterocycles. The molecule has 6 heteroatoms. The van der Waals surface area contributed by atoms with Gasteiger partial charge in [-0.3, -0.25) is 10.2 Å². The van der Waals surface area contributed by atoms with Crippen LogP contribution < -0.4 is 5.32 Å². The Hall–Kier alpha value is -3.67. The molecule has 1 unspecified atom stereocenters. The molecule has 28 heavy (non-hydrogen) atoms. The van der Waals surface area contributed by atoms with E-state index >= 15 is 0 Å². The molecule has 1 aromatic heterocycles. The second-order valence-electron chi connectivity index (χ2n) is 6.34. The molecule has 1 heterocycles. The van der Waals surface area contributed by atoms with Gasteiger partial charge in [0.25, 0.3) is 5.91 Å². The third-order valence-electron chi connectivity index (χ3n) is 4.23. The minimum atomic E-state index is -1.14. The summed E-state index contributed by atoms with van der Waals surface area (Å²) in [6, 6.07) is 20.9. The number of rotatable bonds is 8. The molecule has 1 amide bonds. The molecule has 3 N–H and O–H groups in total. The molecular weight excluding hydrogens is 356 g/mol. The number of carboxylic acids is 1. The second-order valence-corrected chi connectivity index (χ2v) is 6.34. The van der Waals surface area contributed by atoms with Gasteiger partial charge in [-0.1, -0.05) is 60.7 Å². The van der Waals surface area contributed by atoms with Crippen molar-refractivity contribution < 1.29 is 19.1 Å². The summed E-state index contributed by atoms with van der Waals surface area (Å²) in [6.07, 6.45) is 0.129. The van der Waals surface area contributed by atoms with E-state index in [2.05, 4.69) is 5.32 Å². The highest BCUT2D eigenvalue weighted by molar-refractivity contribution is 6.38. The Labute approximate surface area is 162 Å². The number of carbonyl (C=O) groups excluding carboxylic acids is 1. The third kappa shape index (κ3) is 4.94. The first-order chi connectivity index (χ1) is 13.5. The summed E-state index contributed by atoms with van der Waals surface area (Å²) in [6.45, 7) is 0. The zero-order valence-electron chi connectivity index (χ0n) is 15.1. The third-order valence-corrected chi connectivity index (χ3v) is 4.23. The van der Waals surface area contributed by atoms with Crippen LogP contribution in [-0.4, -0.2) is 28.7 Å². The molecule has 2 aromatic carbocycles. The van der Waals surface area contributed by atoms with Crippen LogP contribution in [0.15, 0.2) is 77.2 Å². The molecule has 0 bridgehead atoms. The Morgan fingerprint density at radius 3 is 2.25 bits per heavy atom. The molecule has 6 nitrogen and oxygen atoms in total. The quantitative estimate of drug-likeness (QED) is 0.525. The average Bonchev–Trinajstić information content (AvgIpc) is 3.17. The van der Waals surface area contributed by atoms with Gasteiger partial charge < -0.3 is 14.8 Å². The van der Waals surface area contributed by atoms with Crippen LogP contribution in [-0.2, 0) is 22.4 Å². The maximum absolute atomic E-state index is 12.3. The van der Waals surface area contributed by atoms with Crippen molar-refractivity contribution >= 4 is 17.6 Å². The summed E-state index contributed by atoms with van der Waals surface area (Å²) >= 11 is 0. The summed E-state index contributed by atoms with van der Waals surface area (Å²) in [5.41, 5.74) is 1.44. The molecule has 0 spiro atoms. The molecule has 0 aliphatic carbocycles. The molecule has 0 aliphatic rings. The Bertz CT molecular complexity index is 964. The van der Waals surface area contributed by atoms with E-state index in [9.17, 15) is 14.7 Å². The van der Waals surface area contributed by atoms with Crippen LogP contribution in [0.4, 0.5) is 0 Å². The van der Waals surface area contributed by atoms with Crippen LogP contribution in [0.2, 0.25) is 0 Å². The van der Waals surface area contributed by atoms with Crippen LogP contribution in [0.3, 0.4) is 0 Å². The van der Waals surface area contributed by atoms with E-state index in [-0.39, 0.29) is 18.6 Å². The van der Waals surface area contributed by atoms with Gasteiger partial charge >= 0.3 is 5.97 Å². The number of amides is 1. The number of hydrogen-bond acceptors (Lipinski definition) is 4. The SMILES string of the molecule is N=C(Cc1ccc(-c2ccccc2)o1)C(=O)NC(Cc1ccccc1)C(=O)O. The normalized spacial score (nSPS) is 11.6. The minimum absolute atomic E-state index is 0.0175. The predicted octanol–water partition coefficient (Wildman–Crippen LogP) is 3.32. The van der Waals surface area contributed by atoms with Crippen molar-refractivity contribution in [2.75, 3.05) is 0 Å². The zero-order chi connectivity index (χ0) is 19.9. The Morgan fingerprint density at radius 2 is 1.61 bits per heavy atom. The summed E-state index contributed by atoms with van der Waals surface area (Å²) in [5.74, 6) is -0.749. The highest BCUT2D eigenvalue weighted by atomic mass is 16.4. The van der Waals surface area contributed by atoms with E-state index in [1.54, 1.807) is 36.4 Å². The lowest BCUT2D eigenvalue weighted by molar-refractivity contribution is -0.141. The standard InChI is InChI=1S/C22H20N2O4/c23-18(14-17-11-12-20(28-17)16-9-5-2-6-10-16)21(25)24-19(22(26)27)13-15-7-3-1-4-8-15/h1-12,19,23H,13-14H2,(H,24,25)(H,26,27). The largest absolute Gasteiger partial charge is 0.480 e. The Morgan fingerprint density at radius 1 is 0.964 bits per heavy atom. The number of nitrogens with one attached hydrogen (secondary N) is 2. The minimum Gasteiger partial charge on any atom is -0.480 e. The van der Waals surface area contributed by atoms with Gasteiger partial charge in [0.05, 0.1) is 6.42 Å². The highest BCUT2D eigenvalue weighted by Crippen LogP contribution is 2.22. The van der Waals surface area contributed by atoms with Gasteiger partial charge in [0.15, 0.2) is 0 Å². The van der Waals surface area contributed by atoms with Gasteiger partial charge in [0, 0.05) is 12.0 Å². The van der Waals surface area contributed by atoms with Crippen molar-refractivity contribution in [1.29, 1.82) is 5.41 Å². The number of aliphatic carboxylic acids is 1. The first-order valence-electron chi connectivity index (χ1n) is 8.82. The predicted molar refractivity (Wildman–Crippen MR) is 105 cm³/mol. The van der Waals surface area contributed by atoms with Gasteiger partial charge in [-0.2, -0.15) is 0 Å². The van der Waals surface area contributed by atoms with Crippen molar-refractivity contribution in [3.05, 3.63) is 84.1 Å². The number of carboxylic acid groups (broad SMARTS) is 1. The molecule has 0 saturated carbocycles. The van der Waals surface area contributed by atoms with Crippen molar-refractivity contribution in [3.63, 3.8) is 0 Å². The number of carbonyl (C=O) groups is 2. The molecule has 0 fully saturated rings. The lowest BCUT2D eigenvalue weighted by Crippen LogP contribution is -2.45. The molecule has 0 aliphatic heterocycles. The van der Waals surface area contributed by atoms with Crippen LogP contribution >= 0.6 is 0 Å². The summed E-state index contributed by atoms with van der Waals surface area (Å²) in [7, 11) is 0. The van der Waals surface area contributed by atoms with Gasteiger partial charge in [-0.25, -0.2) is 4.79 Å². The van der Waals surface area contributed by atoms with E-state index in [0.29, 0.717) is 11.5 Å².